The molecule has 0 N–H and O–H groups in total. The predicted molar refractivity (Wildman–Crippen MR) is 58.3 cm³/mol. The molecule has 0 fully saturated rings. The average molecular weight is 246 g/mol. The van der Waals surface area contributed by atoms with Gasteiger partial charge in [0.05, 0.1) is 6.42 Å². The Morgan fingerprint density at radius 1 is 1.17 bits per heavy atom. The lowest BCUT2D eigenvalue weighted by Crippen LogP contribution is -1.95. The smallest absolute Gasteiger partial charge is 0.276 e. The molecule has 0 unspecified atom stereocenters. The van der Waals surface area contributed by atoms with Gasteiger partial charge in [-0.2, -0.15) is 15.1 Å². The lowest BCUT2D eigenvalue weighted by Gasteiger charge is -1.92. The van der Waals surface area contributed by atoms with Crippen LogP contribution in [-0.4, -0.2) is 30.1 Å². The van der Waals surface area contributed by atoms with Crippen LogP contribution in [-0.2, 0) is 13.5 Å². The Bertz CT molecular complexity index is 667. The molecule has 18 heavy (non-hydrogen) atoms. The second-order valence-electron chi connectivity index (χ2n) is 3.76. The van der Waals surface area contributed by atoms with Crippen LogP contribution in [0.3, 0.4) is 0 Å². The van der Waals surface area contributed by atoms with Crippen molar-refractivity contribution in [1.29, 1.82) is 0 Å². The largest absolute Gasteiger partial charge is 0.340 e. The highest BCUT2D eigenvalue weighted by Crippen LogP contribution is 2.16. The van der Waals surface area contributed by atoms with Crippen molar-refractivity contribution in [3.63, 3.8) is 0 Å². The highest BCUT2D eigenvalue weighted by Gasteiger charge is 2.14. The van der Waals surface area contributed by atoms with Crippen LogP contribution < -0.4 is 0 Å². The molecule has 3 aromatic rings. The van der Waals surface area contributed by atoms with Crippen molar-refractivity contribution in [2.75, 3.05) is 0 Å². The van der Waals surface area contributed by atoms with Gasteiger partial charge < -0.3 is 9.05 Å². The van der Waals surface area contributed by atoms with E-state index in [4.69, 9.17) is 9.05 Å². The molecular formula is C10H10N6O2. The summed E-state index contributed by atoms with van der Waals surface area (Å²) in [6, 6.07) is 1.80. The number of rotatable bonds is 3. The molecule has 0 atom stereocenters. The third kappa shape index (κ3) is 1.88. The van der Waals surface area contributed by atoms with E-state index in [9.17, 15) is 0 Å². The molecule has 0 spiro atoms. The number of hydrogen-bond acceptors (Lipinski definition) is 7. The molecule has 0 saturated heterocycles. The molecular weight excluding hydrogens is 236 g/mol. The predicted octanol–water partition coefficient (Wildman–Crippen LogP) is 0.752. The highest BCUT2D eigenvalue weighted by molar-refractivity contribution is 5.45. The molecule has 3 heterocycles. The fourth-order valence-electron chi connectivity index (χ4n) is 1.57. The van der Waals surface area contributed by atoms with Gasteiger partial charge in [0.25, 0.3) is 5.89 Å². The summed E-state index contributed by atoms with van der Waals surface area (Å²) in [7, 11) is 1.81. The van der Waals surface area contributed by atoms with Gasteiger partial charge in [0.1, 0.15) is 5.69 Å². The van der Waals surface area contributed by atoms with Crippen molar-refractivity contribution in [3.8, 4) is 11.6 Å². The van der Waals surface area contributed by atoms with Crippen molar-refractivity contribution >= 4 is 0 Å². The third-order valence-corrected chi connectivity index (χ3v) is 2.39. The van der Waals surface area contributed by atoms with Crippen LogP contribution in [0.25, 0.3) is 11.6 Å². The first-order chi connectivity index (χ1) is 8.72. The maximum atomic E-state index is 5.16. The second-order valence-corrected chi connectivity index (χ2v) is 3.76. The van der Waals surface area contributed by atoms with E-state index >= 15 is 0 Å². The minimum absolute atomic E-state index is 0.374. The summed E-state index contributed by atoms with van der Waals surface area (Å²) in [4.78, 5) is 8.34. The Balaban J connectivity index is 1.84. The molecule has 0 bridgehead atoms. The zero-order valence-corrected chi connectivity index (χ0v) is 9.86. The Kier molecular flexibility index (Phi) is 2.40. The lowest BCUT2D eigenvalue weighted by atomic mass is 10.4. The first kappa shape index (κ1) is 10.6. The molecule has 0 aliphatic rings. The standard InChI is InChI=1S/C10H10N6O2/c1-6-12-8(14-17-6)5-9-13-10(18-15-9)7-3-4-11-16(7)2/h3-4H,5H2,1-2H3. The van der Waals surface area contributed by atoms with Gasteiger partial charge in [0, 0.05) is 20.2 Å². The molecule has 0 saturated carbocycles. The normalized spacial score (nSPS) is 11.0. The van der Waals surface area contributed by atoms with Crippen LogP contribution in [0.2, 0.25) is 0 Å². The van der Waals surface area contributed by atoms with Crippen LogP contribution in [0.1, 0.15) is 17.5 Å². The number of aromatic nitrogens is 6. The number of nitrogens with zero attached hydrogens (tertiary/aromatic N) is 6. The summed E-state index contributed by atoms with van der Waals surface area (Å²) in [5.41, 5.74) is 0.762. The van der Waals surface area contributed by atoms with E-state index in [1.165, 1.54) is 0 Å². The Labute approximate surface area is 102 Å². The number of hydrogen-bond donors (Lipinski definition) is 0. The third-order valence-electron chi connectivity index (χ3n) is 2.39. The van der Waals surface area contributed by atoms with Crippen molar-refractivity contribution in [3.05, 3.63) is 29.8 Å². The Morgan fingerprint density at radius 2 is 1.94 bits per heavy atom. The van der Waals surface area contributed by atoms with Gasteiger partial charge in [-0.1, -0.05) is 10.3 Å². The molecule has 8 nitrogen and oxygen atoms in total. The summed E-state index contributed by atoms with van der Waals surface area (Å²) < 4.78 is 11.7. The van der Waals surface area contributed by atoms with Crippen LogP contribution in [0, 0.1) is 6.92 Å². The van der Waals surface area contributed by atoms with Gasteiger partial charge in [-0.15, -0.1) is 0 Å². The topological polar surface area (TPSA) is 95.7 Å². The van der Waals surface area contributed by atoms with Gasteiger partial charge >= 0.3 is 0 Å². The minimum Gasteiger partial charge on any atom is -0.340 e. The van der Waals surface area contributed by atoms with Crippen LogP contribution in [0.5, 0.6) is 0 Å². The molecule has 0 aliphatic heterocycles. The second kappa shape index (κ2) is 4.06. The molecule has 92 valence electrons. The van der Waals surface area contributed by atoms with E-state index < -0.39 is 0 Å². The molecule has 3 rings (SSSR count). The quantitative estimate of drug-likeness (QED) is 0.672. The van der Waals surface area contributed by atoms with Crippen molar-refractivity contribution in [1.82, 2.24) is 30.1 Å². The molecule has 0 amide bonds. The Morgan fingerprint density at radius 3 is 2.61 bits per heavy atom. The highest BCUT2D eigenvalue weighted by atomic mass is 16.5. The summed E-state index contributed by atoms with van der Waals surface area (Å²) >= 11 is 0. The lowest BCUT2D eigenvalue weighted by molar-refractivity contribution is 0.387. The van der Waals surface area contributed by atoms with E-state index in [2.05, 4.69) is 25.4 Å². The van der Waals surface area contributed by atoms with Crippen molar-refractivity contribution in [2.45, 2.75) is 13.3 Å². The molecule has 0 radical (unpaired) electrons. The van der Waals surface area contributed by atoms with Gasteiger partial charge in [-0.05, 0) is 6.07 Å². The van der Waals surface area contributed by atoms with Crippen LogP contribution in [0.15, 0.2) is 21.3 Å². The SMILES string of the molecule is Cc1nc(Cc2noc(-c3ccnn3C)n2)no1. The van der Waals surface area contributed by atoms with E-state index in [1.807, 2.05) is 7.05 Å². The molecule has 8 heteroatoms. The first-order valence-corrected chi connectivity index (χ1v) is 5.32. The number of aryl methyl sites for hydroxylation is 2. The zero-order valence-electron chi connectivity index (χ0n) is 9.86. The van der Waals surface area contributed by atoms with Gasteiger partial charge in [0.15, 0.2) is 11.6 Å². The summed E-state index contributed by atoms with van der Waals surface area (Å²) in [5.74, 6) is 1.97. The van der Waals surface area contributed by atoms with Crippen molar-refractivity contribution < 1.29 is 9.05 Å². The summed E-state index contributed by atoms with van der Waals surface area (Å²) in [6.07, 6.45) is 2.04. The molecule has 0 aromatic carbocycles. The van der Waals surface area contributed by atoms with E-state index in [0.717, 1.165) is 5.69 Å². The Hall–Kier alpha value is -2.51. The van der Waals surface area contributed by atoms with E-state index in [0.29, 0.717) is 29.9 Å². The van der Waals surface area contributed by atoms with Crippen LogP contribution in [0.4, 0.5) is 0 Å². The maximum Gasteiger partial charge on any atom is 0.276 e. The van der Waals surface area contributed by atoms with Crippen LogP contribution >= 0.6 is 0 Å². The van der Waals surface area contributed by atoms with Gasteiger partial charge in [0.2, 0.25) is 5.89 Å². The minimum atomic E-state index is 0.374. The monoisotopic (exact) mass is 246 g/mol. The average Bonchev–Trinajstić information content (AvgIpc) is 3.02. The van der Waals surface area contributed by atoms with Gasteiger partial charge in [-0.3, -0.25) is 4.68 Å². The molecule has 3 aromatic heterocycles. The van der Waals surface area contributed by atoms with Gasteiger partial charge in [-0.25, -0.2) is 0 Å². The fourth-order valence-corrected chi connectivity index (χ4v) is 1.57. The maximum absolute atomic E-state index is 5.16. The van der Waals surface area contributed by atoms with E-state index in [1.54, 1.807) is 23.9 Å². The zero-order chi connectivity index (χ0) is 12.5. The summed E-state index contributed by atoms with van der Waals surface area (Å²) in [6.45, 7) is 1.73. The van der Waals surface area contributed by atoms with Crippen molar-refractivity contribution in [2.24, 2.45) is 7.05 Å². The summed E-state index contributed by atoms with van der Waals surface area (Å²) in [5, 5.41) is 11.7. The first-order valence-electron chi connectivity index (χ1n) is 5.32. The van der Waals surface area contributed by atoms with E-state index in [-0.39, 0.29) is 0 Å². The fraction of sp³-hybridized carbons (Fsp3) is 0.300. The molecule has 0 aliphatic carbocycles.